The summed E-state index contributed by atoms with van der Waals surface area (Å²) in [6.07, 6.45) is 4.23. The van der Waals surface area contributed by atoms with Crippen LogP contribution in [0.15, 0.2) is 24.5 Å². The molecule has 0 saturated carbocycles. The largest absolute Gasteiger partial charge is 0.338 e. The van der Waals surface area contributed by atoms with Gasteiger partial charge >= 0.3 is 0 Å². The SMILES string of the molecule is CCc1nncn1C1CCN(C(=O)c2cc(F)ccc2Cl)CC1. The van der Waals surface area contributed by atoms with Gasteiger partial charge in [-0.05, 0) is 31.0 Å². The molecule has 0 spiro atoms. The summed E-state index contributed by atoms with van der Waals surface area (Å²) in [5.41, 5.74) is 0.226. The van der Waals surface area contributed by atoms with Gasteiger partial charge in [-0.1, -0.05) is 18.5 Å². The Morgan fingerprint density at radius 1 is 1.39 bits per heavy atom. The monoisotopic (exact) mass is 336 g/mol. The van der Waals surface area contributed by atoms with Crippen molar-refractivity contribution >= 4 is 17.5 Å². The molecule has 0 N–H and O–H groups in total. The second-order valence-corrected chi connectivity index (χ2v) is 6.06. The lowest BCUT2D eigenvalue weighted by molar-refractivity contribution is 0.0693. The van der Waals surface area contributed by atoms with Crippen LogP contribution in [0.3, 0.4) is 0 Å². The molecule has 0 bridgehead atoms. The lowest BCUT2D eigenvalue weighted by Crippen LogP contribution is -2.39. The highest BCUT2D eigenvalue weighted by Gasteiger charge is 2.26. The third kappa shape index (κ3) is 3.22. The minimum Gasteiger partial charge on any atom is -0.338 e. The van der Waals surface area contributed by atoms with Crippen molar-refractivity contribution in [3.05, 3.63) is 46.8 Å². The first-order chi connectivity index (χ1) is 11.1. The lowest BCUT2D eigenvalue weighted by Gasteiger charge is -2.33. The van der Waals surface area contributed by atoms with Gasteiger partial charge in [0.15, 0.2) is 0 Å². The normalized spacial score (nSPS) is 15.9. The third-order valence-electron chi connectivity index (χ3n) is 4.27. The number of carbonyl (C=O) groups is 1. The van der Waals surface area contributed by atoms with Crippen LogP contribution < -0.4 is 0 Å². The molecule has 1 amide bonds. The standard InChI is InChI=1S/C16H18ClFN4O/c1-2-15-20-19-10-22(15)12-5-7-21(8-6-12)16(23)13-9-11(18)3-4-14(13)17/h3-4,9-10,12H,2,5-8H2,1H3. The Morgan fingerprint density at radius 3 is 2.83 bits per heavy atom. The molecule has 1 aromatic heterocycles. The van der Waals surface area contributed by atoms with Crippen molar-refractivity contribution in [1.29, 1.82) is 0 Å². The molecule has 2 aromatic rings. The highest BCUT2D eigenvalue weighted by Crippen LogP contribution is 2.26. The van der Waals surface area contributed by atoms with Crippen LogP contribution in [0.5, 0.6) is 0 Å². The summed E-state index contributed by atoms with van der Waals surface area (Å²) in [5.74, 6) is 0.292. The number of aromatic nitrogens is 3. The van der Waals surface area contributed by atoms with Crippen molar-refractivity contribution in [3.63, 3.8) is 0 Å². The molecule has 0 radical (unpaired) electrons. The smallest absolute Gasteiger partial charge is 0.255 e. The molecule has 7 heteroatoms. The van der Waals surface area contributed by atoms with Crippen molar-refractivity contribution < 1.29 is 9.18 Å². The third-order valence-corrected chi connectivity index (χ3v) is 4.60. The molecule has 23 heavy (non-hydrogen) atoms. The number of hydrogen-bond acceptors (Lipinski definition) is 3. The number of benzene rings is 1. The number of rotatable bonds is 3. The van der Waals surface area contributed by atoms with E-state index in [1.54, 1.807) is 11.2 Å². The average Bonchev–Trinajstić information content (AvgIpc) is 3.05. The molecule has 2 heterocycles. The van der Waals surface area contributed by atoms with Crippen molar-refractivity contribution in [1.82, 2.24) is 19.7 Å². The zero-order chi connectivity index (χ0) is 16.4. The summed E-state index contributed by atoms with van der Waals surface area (Å²) in [6, 6.07) is 4.17. The molecule has 1 fully saturated rings. The van der Waals surface area contributed by atoms with E-state index in [1.165, 1.54) is 18.2 Å². The Morgan fingerprint density at radius 2 is 2.13 bits per heavy atom. The van der Waals surface area contributed by atoms with Crippen LogP contribution in [-0.4, -0.2) is 38.7 Å². The van der Waals surface area contributed by atoms with Gasteiger partial charge in [0.2, 0.25) is 0 Å². The quantitative estimate of drug-likeness (QED) is 0.865. The first-order valence-electron chi connectivity index (χ1n) is 7.73. The van der Waals surface area contributed by atoms with Gasteiger partial charge in [-0.2, -0.15) is 0 Å². The summed E-state index contributed by atoms with van der Waals surface area (Å²) in [6.45, 7) is 3.26. The zero-order valence-electron chi connectivity index (χ0n) is 12.9. The molecule has 1 aliphatic rings. The molecule has 1 aromatic carbocycles. The molecule has 122 valence electrons. The number of amides is 1. The van der Waals surface area contributed by atoms with Crippen molar-refractivity contribution in [2.75, 3.05) is 13.1 Å². The molecule has 1 aliphatic heterocycles. The van der Waals surface area contributed by atoms with Gasteiger partial charge in [-0.3, -0.25) is 4.79 Å². The van der Waals surface area contributed by atoms with Gasteiger partial charge in [-0.15, -0.1) is 10.2 Å². The predicted octanol–water partition coefficient (Wildman–Crippen LogP) is 3.11. The van der Waals surface area contributed by atoms with E-state index >= 15 is 0 Å². The molecule has 3 rings (SSSR count). The topological polar surface area (TPSA) is 51.0 Å². The summed E-state index contributed by atoms with van der Waals surface area (Å²) >= 11 is 6.02. The maximum atomic E-state index is 13.4. The van der Waals surface area contributed by atoms with Gasteiger partial charge in [0.05, 0.1) is 10.6 Å². The van der Waals surface area contributed by atoms with E-state index < -0.39 is 5.82 Å². The highest BCUT2D eigenvalue weighted by molar-refractivity contribution is 6.33. The van der Waals surface area contributed by atoms with Crippen LogP contribution in [0, 0.1) is 5.82 Å². The Labute approximate surface area is 139 Å². The number of aryl methyl sites for hydroxylation is 1. The van der Waals surface area contributed by atoms with Crippen LogP contribution in [0.1, 0.15) is 42.0 Å². The summed E-state index contributed by atoms with van der Waals surface area (Å²) < 4.78 is 15.5. The van der Waals surface area contributed by atoms with Crippen LogP contribution >= 0.6 is 11.6 Å². The van der Waals surface area contributed by atoms with Crippen LogP contribution in [0.4, 0.5) is 4.39 Å². The fourth-order valence-corrected chi connectivity index (χ4v) is 3.20. The Balaban J connectivity index is 1.69. The highest BCUT2D eigenvalue weighted by atomic mass is 35.5. The molecule has 5 nitrogen and oxygen atoms in total. The second-order valence-electron chi connectivity index (χ2n) is 5.66. The van der Waals surface area contributed by atoms with Crippen molar-refractivity contribution in [2.45, 2.75) is 32.2 Å². The number of halogens is 2. The van der Waals surface area contributed by atoms with Gasteiger partial charge in [0, 0.05) is 25.6 Å². The summed E-state index contributed by atoms with van der Waals surface area (Å²) in [4.78, 5) is 14.3. The van der Waals surface area contributed by atoms with Crippen LogP contribution in [0.2, 0.25) is 5.02 Å². The maximum absolute atomic E-state index is 13.4. The van der Waals surface area contributed by atoms with Gasteiger partial charge < -0.3 is 9.47 Å². The molecule has 1 saturated heterocycles. The van der Waals surface area contributed by atoms with Crippen LogP contribution in [0.25, 0.3) is 0 Å². The first kappa shape index (κ1) is 15.9. The fourth-order valence-electron chi connectivity index (χ4n) is 3.00. The van der Waals surface area contributed by atoms with Gasteiger partial charge in [-0.25, -0.2) is 4.39 Å². The van der Waals surface area contributed by atoms with E-state index in [9.17, 15) is 9.18 Å². The minimum absolute atomic E-state index is 0.215. The number of likely N-dealkylation sites (tertiary alicyclic amines) is 1. The van der Waals surface area contributed by atoms with Crippen LogP contribution in [-0.2, 0) is 6.42 Å². The zero-order valence-corrected chi connectivity index (χ0v) is 13.6. The van der Waals surface area contributed by atoms with Gasteiger partial charge in [0.25, 0.3) is 5.91 Å². The second kappa shape index (κ2) is 6.66. The van der Waals surface area contributed by atoms with E-state index in [1.807, 2.05) is 6.92 Å². The summed E-state index contributed by atoms with van der Waals surface area (Å²) in [7, 11) is 0. The van der Waals surface area contributed by atoms with E-state index in [2.05, 4.69) is 14.8 Å². The minimum atomic E-state index is -0.454. The molecule has 0 aliphatic carbocycles. The molecule has 0 atom stereocenters. The number of carbonyl (C=O) groups excluding carboxylic acids is 1. The predicted molar refractivity (Wildman–Crippen MR) is 85.0 cm³/mol. The van der Waals surface area contributed by atoms with Crippen molar-refractivity contribution in [2.24, 2.45) is 0 Å². The molecular weight excluding hydrogens is 319 g/mol. The first-order valence-corrected chi connectivity index (χ1v) is 8.10. The van der Waals surface area contributed by atoms with E-state index in [0.717, 1.165) is 25.1 Å². The Bertz CT molecular complexity index is 710. The van der Waals surface area contributed by atoms with E-state index in [4.69, 9.17) is 11.6 Å². The maximum Gasteiger partial charge on any atom is 0.255 e. The number of hydrogen-bond donors (Lipinski definition) is 0. The Hall–Kier alpha value is -1.95. The fraction of sp³-hybridized carbons (Fsp3) is 0.438. The molecular formula is C16H18ClFN4O. The average molecular weight is 337 g/mol. The summed E-state index contributed by atoms with van der Waals surface area (Å²) in [5, 5.41) is 8.35. The Kier molecular flexibility index (Phi) is 4.61. The van der Waals surface area contributed by atoms with E-state index in [-0.39, 0.29) is 16.5 Å². The molecule has 0 unspecified atom stereocenters. The number of nitrogens with zero attached hydrogens (tertiary/aromatic N) is 4. The number of piperidine rings is 1. The van der Waals surface area contributed by atoms with Crippen molar-refractivity contribution in [3.8, 4) is 0 Å². The van der Waals surface area contributed by atoms with Gasteiger partial charge in [0.1, 0.15) is 18.0 Å². The van der Waals surface area contributed by atoms with E-state index in [0.29, 0.717) is 19.1 Å². The lowest BCUT2D eigenvalue weighted by atomic mass is 10.0.